The van der Waals surface area contributed by atoms with Crippen molar-refractivity contribution in [3.63, 3.8) is 0 Å². The summed E-state index contributed by atoms with van der Waals surface area (Å²) < 4.78 is 29.0. The van der Waals surface area contributed by atoms with Gasteiger partial charge in [-0.15, -0.1) is 0 Å². The maximum absolute atomic E-state index is 12.5. The standard InChI is InChI=1S/C14H19BrNO5P/c1-5-19-22(18,20-6-2)21-13-11-10(16-14(13)17)7-8(3)9(4)12(11)15/h7,13H,5-6H2,1-4H3,(H,16,17). The third kappa shape index (κ3) is 3.29. The number of aryl methyl sites for hydroxylation is 1. The topological polar surface area (TPSA) is 73.9 Å². The van der Waals surface area contributed by atoms with Gasteiger partial charge in [-0.25, -0.2) is 4.57 Å². The van der Waals surface area contributed by atoms with Crippen molar-refractivity contribution < 1.29 is 22.9 Å². The Morgan fingerprint density at radius 3 is 2.41 bits per heavy atom. The monoisotopic (exact) mass is 391 g/mol. The summed E-state index contributed by atoms with van der Waals surface area (Å²) in [5.41, 5.74) is 3.29. The molecule has 22 heavy (non-hydrogen) atoms. The lowest BCUT2D eigenvalue weighted by Crippen LogP contribution is -2.16. The van der Waals surface area contributed by atoms with E-state index < -0.39 is 13.9 Å². The predicted octanol–water partition coefficient (Wildman–Crippen LogP) is 4.26. The third-order valence-corrected chi connectivity index (χ3v) is 6.02. The molecule has 1 amide bonds. The number of halogens is 1. The van der Waals surface area contributed by atoms with Crippen molar-refractivity contribution in [3.8, 4) is 0 Å². The van der Waals surface area contributed by atoms with Crippen LogP contribution in [0.4, 0.5) is 5.69 Å². The number of phosphoric acid groups is 1. The predicted molar refractivity (Wildman–Crippen MR) is 86.9 cm³/mol. The van der Waals surface area contributed by atoms with Crippen LogP contribution in [0.1, 0.15) is 36.6 Å². The molecule has 0 aliphatic carbocycles. The molecule has 1 N–H and O–H groups in total. The van der Waals surface area contributed by atoms with Crippen LogP contribution in [0.3, 0.4) is 0 Å². The molecule has 2 rings (SSSR count). The molecule has 8 heteroatoms. The van der Waals surface area contributed by atoms with Crippen LogP contribution < -0.4 is 5.32 Å². The van der Waals surface area contributed by atoms with Crippen LogP contribution in [-0.4, -0.2) is 19.1 Å². The van der Waals surface area contributed by atoms with E-state index in [9.17, 15) is 9.36 Å². The van der Waals surface area contributed by atoms with Gasteiger partial charge in [-0.2, -0.15) is 0 Å². The number of hydrogen-bond donors (Lipinski definition) is 1. The highest BCUT2D eigenvalue weighted by Gasteiger charge is 2.41. The minimum Gasteiger partial charge on any atom is -0.323 e. The van der Waals surface area contributed by atoms with Crippen LogP contribution in [0.25, 0.3) is 0 Å². The van der Waals surface area contributed by atoms with Crippen molar-refractivity contribution in [3.05, 3.63) is 27.2 Å². The molecule has 1 heterocycles. The number of nitrogens with one attached hydrogen (secondary N) is 1. The first-order valence-electron chi connectivity index (χ1n) is 7.01. The average molecular weight is 392 g/mol. The van der Waals surface area contributed by atoms with Gasteiger partial charge in [0.15, 0.2) is 6.10 Å². The highest BCUT2D eigenvalue weighted by molar-refractivity contribution is 9.10. The number of hydrogen-bond acceptors (Lipinski definition) is 5. The minimum atomic E-state index is -3.79. The van der Waals surface area contributed by atoms with Gasteiger partial charge in [-0.05, 0) is 44.9 Å². The Hall–Kier alpha value is -0.720. The SMILES string of the molecule is CCOP(=O)(OCC)OC1C(=O)Nc2cc(C)c(C)c(Br)c21. The number of rotatable bonds is 6. The van der Waals surface area contributed by atoms with Crippen molar-refractivity contribution in [2.75, 3.05) is 18.5 Å². The summed E-state index contributed by atoms with van der Waals surface area (Å²) in [6.45, 7) is 7.57. The Morgan fingerprint density at radius 2 is 1.86 bits per heavy atom. The number of carbonyl (C=O) groups is 1. The summed E-state index contributed by atoms with van der Waals surface area (Å²) in [5.74, 6) is -0.389. The lowest BCUT2D eigenvalue weighted by atomic mass is 10.0. The summed E-state index contributed by atoms with van der Waals surface area (Å²) in [7, 11) is -3.79. The second kappa shape index (κ2) is 6.81. The van der Waals surface area contributed by atoms with Gasteiger partial charge < -0.3 is 5.32 Å². The van der Waals surface area contributed by atoms with E-state index in [2.05, 4.69) is 21.2 Å². The summed E-state index contributed by atoms with van der Waals surface area (Å²) >= 11 is 3.49. The third-order valence-electron chi connectivity index (χ3n) is 3.38. The maximum Gasteiger partial charge on any atom is 0.475 e. The number of fused-ring (bicyclic) bond motifs is 1. The number of anilines is 1. The Morgan fingerprint density at radius 1 is 1.27 bits per heavy atom. The van der Waals surface area contributed by atoms with Crippen molar-refractivity contribution in [1.82, 2.24) is 0 Å². The highest BCUT2D eigenvalue weighted by atomic mass is 79.9. The van der Waals surface area contributed by atoms with Crippen molar-refractivity contribution in [2.24, 2.45) is 0 Å². The largest absolute Gasteiger partial charge is 0.475 e. The molecule has 122 valence electrons. The van der Waals surface area contributed by atoms with Crippen LogP contribution in [0.15, 0.2) is 10.5 Å². The molecule has 0 aromatic heterocycles. The molecule has 0 spiro atoms. The average Bonchev–Trinajstić information content (AvgIpc) is 2.72. The fraction of sp³-hybridized carbons (Fsp3) is 0.500. The van der Waals surface area contributed by atoms with Gasteiger partial charge >= 0.3 is 7.82 Å². The molecule has 0 saturated carbocycles. The molecule has 0 bridgehead atoms. The van der Waals surface area contributed by atoms with Crippen LogP contribution in [0.5, 0.6) is 0 Å². The van der Waals surface area contributed by atoms with E-state index in [1.807, 2.05) is 19.9 Å². The molecule has 1 aromatic carbocycles. The van der Waals surface area contributed by atoms with E-state index in [0.29, 0.717) is 11.3 Å². The zero-order chi connectivity index (χ0) is 16.5. The zero-order valence-electron chi connectivity index (χ0n) is 12.9. The fourth-order valence-corrected chi connectivity index (χ4v) is 4.25. The van der Waals surface area contributed by atoms with Crippen LogP contribution in [-0.2, 0) is 22.9 Å². The van der Waals surface area contributed by atoms with Crippen LogP contribution in [0.2, 0.25) is 0 Å². The second-order valence-electron chi connectivity index (χ2n) is 4.85. The summed E-state index contributed by atoms with van der Waals surface area (Å²) in [6.07, 6.45) is -1.03. The molecular weight excluding hydrogens is 373 g/mol. The van der Waals surface area contributed by atoms with Gasteiger partial charge in [0.1, 0.15) is 0 Å². The van der Waals surface area contributed by atoms with E-state index in [0.717, 1.165) is 15.6 Å². The number of benzene rings is 1. The first-order chi connectivity index (χ1) is 10.3. The summed E-state index contributed by atoms with van der Waals surface area (Å²) in [4.78, 5) is 12.2. The zero-order valence-corrected chi connectivity index (χ0v) is 15.4. The smallest absolute Gasteiger partial charge is 0.323 e. The van der Waals surface area contributed by atoms with Gasteiger partial charge in [0, 0.05) is 15.7 Å². The second-order valence-corrected chi connectivity index (χ2v) is 7.27. The van der Waals surface area contributed by atoms with Crippen molar-refractivity contribution >= 4 is 35.3 Å². The van der Waals surface area contributed by atoms with Crippen LogP contribution >= 0.6 is 23.8 Å². The maximum atomic E-state index is 12.5. The van der Waals surface area contributed by atoms with Gasteiger partial charge in [0.2, 0.25) is 0 Å². The van der Waals surface area contributed by atoms with Gasteiger partial charge in [-0.1, -0.05) is 15.9 Å². The molecule has 1 aliphatic rings. The van der Waals surface area contributed by atoms with E-state index in [-0.39, 0.29) is 19.1 Å². The Bertz CT molecular complexity index is 639. The molecule has 1 unspecified atom stereocenters. The van der Waals surface area contributed by atoms with Gasteiger partial charge in [0.05, 0.1) is 13.2 Å². The molecule has 1 aliphatic heterocycles. The molecular formula is C14H19BrNO5P. The summed E-state index contributed by atoms with van der Waals surface area (Å²) in [5, 5.41) is 2.74. The van der Waals surface area contributed by atoms with E-state index in [1.165, 1.54) is 0 Å². The Balaban J connectivity index is 2.41. The molecule has 0 radical (unpaired) electrons. The van der Waals surface area contributed by atoms with Crippen molar-refractivity contribution in [1.29, 1.82) is 0 Å². The van der Waals surface area contributed by atoms with E-state index in [4.69, 9.17) is 13.6 Å². The Labute approximate surface area is 138 Å². The van der Waals surface area contributed by atoms with E-state index >= 15 is 0 Å². The van der Waals surface area contributed by atoms with Crippen molar-refractivity contribution in [2.45, 2.75) is 33.8 Å². The molecule has 1 aromatic rings. The minimum absolute atomic E-state index is 0.159. The molecule has 6 nitrogen and oxygen atoms in total. The first kappa shape index (κ1) is 17.6. The van der Waals surface area contributed by atoms with Crippen LogP contribution in [0, 0.1) is 13.8 Å². The first-order valence-corrected chi connectivity index (χ1v) is 9.26. The van der Waals surface area contributed by atoms with Gasteiger partial charge in [0.25, 0.3) is 5.91 Å². The molecule has 0 fully saturated rings. The lowest BCUT2D eigenvalue weighted by molar-refractivity contribution is -0.123. The quantitative estimate of drug-likeness (QED) is 0.733. The van der Waals surface area contributed by atoms with E-state index in [1.54, 1.807) is 13.8 Å². The molecule has 1 atom stereocenters. The Kier molecular flexibility index (Phi) is 5.45. The number of carbonyl (C=O) groups excluding carboxylic acids is 1. The fourth-order valence-electron chi connectivity index (χ4n) is 2.23. The normalized spacial score (nSPS) is 17.5. The molecule has 0 saturated heterocycles. The van der Waals surface area contributed by atoms with Gasteiger partial charge in [-0.3, -0.25) is 18.4 Å². The number of phosphoric ester groups is 1. The highest BCUT2D eigenvalue weighted by Crippen LogP contribution is 2.56. The number of amides is 1. The summed E-state index contributed by atoms with van der Waals surface area (Å²) in [6, 6.07) is 1.86. The lowest BCUT2D eigenvalue weighted by Gasteiger charge is -2.20.